The van der Waals surface area contributed by atoms with Gasteiger partial charge in [-0.1, -0.05) is 52.4 Å². The molecule has 4 unspecified atom stereocenters. The lowest BCUT2D eigenvalue weighted by Gasteiger charge is -2.49. The van der Waals surface area contributed by atoms with Crippen molar-refractivity contribution in [3.8, 4) is 0 Å². The molecule has 0 radical (unpaired) electrons. The van der Waals surface area contributed by atoms with Crippen molar-refractivity contribution in [2.24, 2.45) is 11.8 Å². The summed E-state index contributed by atoms with van der Waals surface area (Å²) in [5, 5.41) is 5.51. The Kier molecular flexibility index (Phi) is 5.85. The summed E-state index contributed by atoms with van der Waals surface area (Å²) in [6.45, 7) is 7.12. The van der Waals surface area contributed by atoms with Crippen LogP contribution in [0.1, 0.15) is 89.0 Å². The number of carbonyl (C=O) groups is 2. The van der Waals surface area contributed by atoms with E-state index in [0.29, 0.717) is 18.4 Å². The molecule has 0 bridgehead atoms. The second-order valence-corrected chi connectivity index (χ2v) is 11.7. The number of nitrogens with zero attached hydrogens (tertiary/aromatic N) is 2. The van der Waals surface area contributed by atoms with Gasteiger partial charge in [0.15, 0.2) is 0 Å². The second-order valence-electron chi connectivity index (χ2n) is 10.7. The summed E-state index contributed by atoms with van der Waals surface area (Å²) in [6, 6.07) is 4.46. The molecule has 5 nitrogen and oxygen atoms in total. The molecular weight excluding hydrogens is 418 g/mol. The van der Waals surface area contributed by atoms with Crippen LogP contribution in [0.15, 0.2) is 17.5 Å². The minimum absolute atomic E-state index is 0.0313. The molecular formula is C26H37N3O2S. The Morgan fingerprint density at radius 1 is 1.09 bits per heavy atom. The van der Waals surface area contributed by atoms with E-state index in [4.69, 9.17) is 0 Å². The van der Waals surface area contributed by atoms with Crippen LogP contribution in [-0.4, -0.2) is 38.9 Å². The topological polar surface area (TPSA) is 54.3 Å². The number of fused-ring (bicyclic) bond motifs is 3. The van der Waals surface area contributed by atoms with Crippen LogP contribution in [-0.2, 0) is 11.3 Å². The Bertz CT molecular complexity index is 1000. The molecule has 2 aromatic heterocycles. The third kappa shape index (κ3) is 3.59. The van der Waals surface area contributed by atoms with Crippen molar-refractivity contribution in [2.75, 3.05) is 0 Å². The smallest absolute Gasteiger partial charge is 0.271 e. The fraction of sp³-hybridized carbons (Fsp3) is 0.692. The SMILES string of the molecule is CC1CCCC(NC(=O)C2(C)Cn3c(cc4sccc43)C(=O)N2C2CCCCCC2)C1C. The predicted octanol–water partition coefficient (Wildman–Crippen LogP) is 5.58. The lowest BCUT2D eigenvalue weighted by molar-refractivity contribution is -0.136. The number of hydrogen-bond acceptors (Lipinski definition) is 3. The van der Waals surface area contributed by atoms with Crippen molar-refractivity contribution in [1.29, 1.82) is 0 Å². The minimum atomic E-state index is -0.868. The molecule has 5 rings (SSSR count). The highest BCUT2D eigenvalue weighted by molar-refractivity contribution is 7.17. The van der Waals surface area contributed by atoms with E-state index in [2.05, 4.69) is 35.2 Å². The van der Waals surface area contributed by atoms with Crippen LogP contribution >= 0.6 is 11.3 Å². The summed E-state index contributed by atoms with van der Waals surface area (Å²) in [6.07, 6.45) is 10.2. The van der Waals surface area contributed by atoms with Gasteiger partial charge in [-0.15, -0.1) is 11.3 Å². The Morgan fingerprint density at radius 2 is 1.84 bits per heavy atom. The number of hydrogen-bond donors (Lipinski definition) is 1. The van der Waals surface area contributed by atoms with Crippen molar-refractivity contribution >= 4 is 33.4 Å². The van der Waals surface area contributed by atoms with Crippen LogP contribution < -0.4 is 5.32 Å². The number of thiophene rings is 1. The fourth-order valence-corrected chi connectivity index (χ4v) is 7.25. The molecule has 6 heteroatoms. The Hall–Kier alpha value is -1.82. The summed E-state index contributed by atoms with van der Waals surface area (Å²) in [4.78, 5) is 30.0. The van der Waals surface area contributed by atoms with E-state index < -0.39 is 5.54 Å². The van der Waals surface area contributed by atoms with Crippen LogP contribution in [0.25, 0.3) is 10.2 Å². The predicted molar refractivity (Wildman–Crippen MR) is 130 cm³/mol. The molecule has 3 heterocycles. The summed E-state index contributed by atoms with van der Waals surface area (Å²) in [5.74, 6) is 1.15. The molecule has 0 saturated heterocycles. The molecule has 0 aromatic carbocycles. The maximum Gasteiger partial charge on any atom is 0.271 e. The first-order valence-electron chi connectivity index (χ1n) is 12.6. The number of carbonyl (C=O) groups excluding carboxylic acids is 2. The third-order valence-corrected chi connectivity index (χ3v) is 9.51. The zero-order valence-electron chi connectivity index (χ0n) is 19.7. The number of aromatic nitrogens is 1. The second kappa shape index (κ2) is 8.51. The molecule has 3 aliphatic rings. The fourth-order valence-electron chi connectivity index (χ4n) is 6.43. The highest BCUT2D eigenvalue weighted by Gasteiger charge is 2.51. The van der Waals surface area contributed by atoms with Gasteiger partial charge in [-0.3, -0.25) is 9.59 Å². The number of rotatable bonds is 3. The van der Waals surface area contributed by atoms with Gasteiger partial charge in [-0.2, -0.15) is 0 Å². The quantitative estimate of drug-likeness (QED) is 0.614. The first-order chi connectivity index (χ1) is 15.4. The number of amides is 2. The Labute approximate surface area is 195 Å². The molecule has 1 aliphatic heterocycles. The molecule has 174 valence electrons. The van der Waals surface area contributed by atoms with Gasteiger partial charge in [0.25, 0.3) is 5.91 Å². The van der Waals surface area contributed by atoms with Crippen LogP contribution in [0.2, 0.25) is 0 Å². The highest BCUT2D eigenvalue weighted by Crippen LogP contribution is 2.38. The Balaban J connectivity index is 1.52. The zero-order valence-corrected chi connectivity index (χ0v) is 20.5. The summed E-state index contributed by atoms with van der Waals surface area (Å²) < 4.78 is 3.24. The van der Waals surface area contributed by atoms with E-state index in [0.717, 1.165) is 54.4 Å². The standard InChI is InChI=1S/C26H37N3O2S/c1-17-9-8-12-20(18(17)2)27-25(31)26(3)16-28-21-13-14-32-23(21)15-22(28)24(30)29(26)19-10-6-4-5-7-11-19/h13-15,17-20H,4-12,16H2,1-3H3,(H,27,31). The van der Waals surface area contributed by atoms with E-state index >= 15 is 0 Å². The average molecular weight is 456 g/mol. The van der Waals surface area contributed by atoms with E-state index in [9.17, 15) is 9.59 Å². The van der Waals surface area contributed by atoms with E-state index in [1.54, 1.807) is 11.3 Å². The molecule has 2 saturated carbocycles. The summed E-state index contributed by atoms with van der Waals surface area (Å²) in [7, 11) is 0. The van der Waals surface area contributed by atoms with Gasteiger partial charge in [-0.05, 0) is 55.5 Å². The zero-order chi connectivity index (χ0) is 22.5. The average Bonchev–Trinajstić information content (AvgIpc) is 3.25. The van der Waals surface area contributed by atoms with Crippen LogP contribution in [0, 0.1) is 11.8 Å². The summed E-state index contributed by atoms with van der Waals surface area (Å²) >= 11 is 1.67. The maximum absolute atomic E-state index is 14.0. The van der Waals surface area contributed by atoms with Crippen LogP contribution in [0.5, 0.6) is 0 Å². The van der Waals surface area contributed by atoms with Crippen LogP contribution in [0.3, 0.4) is 0 Å². The lowest BCUT2D eigenvalue weighted by atomic mass is 9.77. The van der Waals surface area contributed by atoms with Crippen LogP contribution in [0.4, 0.5) is 0 Å². The molecule has 2 amide bonds. The van der Waals surface area contributed by atoms with Gasteiger partial charge in [0.05, 0.1) is 16.8 Å². The van der Waals surface area contributed by atoms with Gasteiger partial charge in [0.1, 0.15) is 11.2 Å². The van der Waals surface area contributed by atoms with E-state index in [-0.39, 0.29) is 23.9 Å². The van der Waals surface area contributed by atoms with E-state index in [1.165, 1.54) is 19.3 Å². The third-order valence-electron chi connectivity index (χ3n) is 8.66. The Morgan fingerprint density at radius 3 is 2.59 bits per heavy atom. The van der Waals surface area contributed by atoms with Gasteiger partial charge in [-0.25, -0.2) is 0 Å². The first kappa shape index (κ1) is 22.0. The monoisotopic (exact) mass is 455 g/mol. The lowest BCUT2D eigenvalue weighted by Crippen LogP contribution is -2.67. The van der Waals surface area contributed by atoms with Crippen molar-refractivity contribution in [2.45, 2.75) is 103 Å². The first-order valence-corrected chi connectivity index (χ1v) is 13.5. The molecule has 1 N–H and O–H groups in total. The maximum atomic E-state index is 14.0. The van der Waals surface area contributed by atoms with Gasteiger partial charge >= 0.3 is 0 Å². The normalized spacial score (nSPS) is 32.0. The molecule has 0 spiro atoms. The van der Waals surface area contributed by atoms with Gasteiger partial charge < -0.3 is 14.8 Å². The largest absolute Gasteiger partial charge is 0.351 e. The molecule has 4 atom stereocenters. The van der Waals surface area contributed by atoms with Crippen molar-refractivity contribution < 1.29 is 9.59 Å². The molecule has 32 heavy (non-hydrogen) atoms. The highest BCUT2D eigenvalue weighted by atomic mass is 32.1. The molecule has 2 aliphatic carbocycles. The van der Waals surface area contributed by atoms with Crippen molar-refractivity contribution in [3.05, 3.63) is 23.2 Å². The van der Waals surface area contributed by atoms with Gasteiger partial charge in [0.2, 0.25) is 5.91 Å². The summed E-state index contributed by atoms with van der Waals surface area (Å²) in [5.41, 5.74) is 0.964. The molecule has 2 fully saturated rings. The van der Waals surface area contributed by atoms with Crippen molar-refractivity contribution in [1.82, 2.24) is 14.8 Å². The van der Waals surface area contributed by atoms with Gasteiger partial charge in [0, 0.05) is 12.1 Å². The number of nitrogens with one attached hydrogen (secondary N) is 1. The van der Waals surface area contributed by atoms with Crippen molar-refractivity contribution in [3.63, 3.8) is 0 Å². The minimum Gasteiger partial charge on any atom is -0.351 e. The molecule has 2 aromatic rings. The van der Waals surface area contributed by atoms with E-state index in [1.807, 2.05) is 17.9 Å².